The fourth-order valence-electron chi connectivity index (χ4n) is 1.48. The summed E-state index contributed by atoms with van der Waals surface area (Å²) in [7, 11) is 0. The third kappa shape index (κ3) is 2.44. The molecule has 0 spiro atoms. The van der Waals surface area contributed by atoms with Crippen LogP contribution in [0.2, 0.25) is 0 Å². The molecule has 2 rings (SSSR count). The van der Waals surface area contributed by atoms with E-state index in [2.05, 4.69) is 17.6 Å². The first-order chi connectivity index (χ1) is 7.70. The number of aryl methyl sites for hydroxylation is 2. The molecule has 0 aliphatic carbocycles. The van der Waals surface area contributed by atoms with Crippen LogP contribution in [0, 0.1) is 12.7 Å². The molecule has 0 N–H and O–H groups in total. The monoisotopic (exact) mass is 253 g/mol. The standard InChI is InChI=1S/C12H12FNS2/c1-8-11(6-7-15)16-12(14-8)9-2-4-10(13)5-3-9/h2-5,15H,6-7H2,1H3. The molecule has 84 valence electrons. The number of benzene rings is 1. The van der Waals surface area contributed by atoms with Crippen LogP contribution in [0.15, 0.2) is 24.3 Å². The lowest BCUT2D eigenvalue weighted by Gasteiger charge is -1.94. The summed E-state index contributed by atoms with van der Waals surface area (Å²) in [4.78, 5) is 5.75. The maximum absolute atomic E-state index is 12.8. The van der Waals surface area contributed by atoms with E-state index in [1.165, 1.54) is 17.0 Å². The van der Waals surface area contributed by atoms with Crippen LogP contribution in [0.25, 0.3) is 10.6 Å². The van der Waals surface area contributed by atoms with Gasteiger partial charge in [0, 0.05) is 10.4 Å². The Bertz CT molecular complexity index is 476. The van der Waals surface area contributed by atoms with Crippen LogP contribution in [0.3, 0.4) is 0 Å². The lowest BCUT2D eigenvalue weighted by Crippen LogP contribution is -1.84. The Morgan fingerprint density at radius 2 is 2.00 bits per heavy atom. The third-order valence-electron chi connectivity index (χ3n) is 2.32. The summed E-state index contributed by atoms with van der Waals surface area (Å²) in [6, 6.07) is 6.45. The minimum Gasteiger partial charge on any atom is -0.241 e. The first-order valence-corrected chi connectivity index (χ1v) is 6.48. The van der Waals surface area contributed by atoms with Crippen LogP contribution in [-0.4, -0.2) is 10.7 Å². The number of rotatable bonds is 3. The van der Waals surface area contributed by atoms with Gasteiger partial charge in [0.05, 0.1) is 5.69 Å². The minimum atomic E-state index is -0.215. The largest absolute Gasteiger partial charge is 0.241 e. The zero-order valence-corrected chi connectivity index (χ0v) is 10.6. The minimum absolute atomic E-state index is 0.215. The summed E-state index contributed by atoms with van der Waals surface area (Å²) in [5.41, 5.74) is 2.03. The Hall–Kier alpha value is -0.870. The molecule has 0 atom stereocenters. The fourth-order valence-corrected chi connectivity index (χ4v) is 2.92. The lowest BCUT2D eigenvalue weighted by molar-refractivity contribution is 0.628. The van der Waals surface area contributed by atoms with Crippen LogP contribution in [0.1, 0.15) is 10.6 Å². The molecule has 1 nitrogen and oxygen atoms in total. The highest BCUT2D eigenvalue weighted by molar-refractivity contribution is 7.80. The van der Waals surface area contributed by atoms with E-state index in [1.807, 2.05) is 6.92 Å². The number of aromatic nitrogens is 1. The molecule has 0 radical (unpaired) electrons. The van der Waals surface area contributed by atoms with Gasteiger partial charge in [0.1, 0.15) is 10.8 Å². The van der Waals surface area contributed by atoms with Crippen molar-refractivity contribution in [2.75, 3.05) is 5.75 Å². The van der Waals surface area contributed by atoms with Crippen molar-refractivity contribution in [2.45, 2.75) is 13.3 Å². The molecule has 0 saturated heterocycles. The third-order valence-corrected chi connectivity index (χ3v) is 3.81. The molecular weight excluding hydrogens is 241 g/mol. The Kier molecular flexibility index (Phi) is 3.61. The Morgan fingerprint density at radius 1 is 1.31 bits per heavy atom. The van der Waals surface area contributed by atoms with Crippen molar-refractivity contribution < 1.29 is 4.39 Å². The zero-order valence-electron chi connectivity index (χ0n) is 8.90. The predicted molar refractivity (Wildman–Crippen MR) is 69.8 cm³/mol. The van der Waals surface area contributed by atoms with Gasteiger partial charge in [0.25, 0.3) is 0 Å². The normalized spacial score (nSPS) is 10.7. The first-order valence-electron chi connectivity index (χ1n) is 5.04. The Morgan fingerprint density at radius 3 is 2.62 bits per heavy atom. The maximum atomic E-state index is 12.8. The molecule has 0 aliphatic heterocycles. The van der Waals surface area contributed by atoms with Crippen molar-refractivity contribution in [2.24, 2.45) is 0 Å². The summed E-state index contributed by atoms with van der Waals surface area (Å²) in [6.45, 7) is 2.00. The molecule has 0 unspecified atom stereocenters. The van der Waals surface area contributed by atoms with E-state index in [-0.39, 0.29) is 5.82 Å². The number of thiazole rings is 1. The molecule has 0 bridgehead atoms. The predicted octanol–water partition coefficient (Wildman–Crippen LogP) is 3.73. The van der Waals surface area contributed by atoms with Gasteiger partial charge in [-0.1, -0.05) is 0 Å². The second-order valence-electron chi connectivity index (χ2n) is 3.51. The molecule has 1 aromatic carbocycles. The quantitative estimate of drug-likeness (QED) is 0.822. The van der Waals surface area contributed by atoms with Gasteiger partial charge in [0.2, 0.25) is 0 Å². The average Bonchev–Trinajstić information content (AvgIpc) is 2.62. The van der Waals surface area contributed by atoms with E-state index >= 15 is 0 Å². The molecule has 0 fully saturated rings. The SMILES string of the molecule is Cc1nc(-c2ccc(F)cc2)sc1CCS. The zero-order chi connectivity index (χ0) is 11.5. The average molecular weight is 253 g/mol. The molecule has 0 saturated carbocycles. The second kappa shape index (κ2) is 4.97. The summed E-state index contributed by atoms with van der Waals surface area (Å²) in [5.74, 6) is 0.610. The molecule has 0 amide bonds. The van der Waals surface area contributed by atoms with Crippen LogP contribution in [0.4, 0.5) is 4.39 Å². The Labute approximate surface area is 104 Å². The van der Waals surface area contributed by atoms with Crippen LogP contribution in [-0.2, 0) is 6.42 Å². The van der Waals surface area contributed by atoms with Gasteiger partial charge in [-0.15, -0.1) is 11.3 Å². The number of nitrogens with zero attached hydrogens (tertiary/aromatic N) is 1. The number of hydrogen-bond donors (Lipinski definition) is 1. The Balaban J connectivity index is 2.33. The number of thiol groups is 1. The molecule has 1 heterocycles. The van der Waals surface area contributed by atoms with Gasteiger partial charge < -0.3 is 0 Å². The summed E-state index contributed by atoms with van der Waals surface area (Å²) in [6.07, 6.45) is 0.938. The van der Waals surface area contributed by atoms with Crippen LogP contribution < -0.4 is 0 Å². The highest BCUT2D eigenvalue weighted by Gasteiger charge is 2.08. The first kappa shape index (κ1) is 11.6. The van der Waals surface area contributed by atoms with Gasteiger partial charge in [-0.3, -0.25) is 0 Å². The van der Waals surface area contributed by atoms with E-state index in [0.717, 1.165) is 28.4 Å². The molecular formula is C12H12FNS2. The maximum Gasteiger partial charge on any atom is 0.123 e. The number of halogens is 1. The lowest BCUT2D eigenvalue weighted by atomic mass is 10.2. The summed E-state index contributed by atoms with van der Waals surface area (Å²) < 4.78 is 12.8. The van der Waals surface area contributed by atoms with E-state index in [1.54, 1.807) is 23.5 Å². The van der Waals surface area contributed by atoms with Gasteiger partial charge in [-0.25, -0.2) is 9.37 Å². The van der Waals surface area contributed by atoms with Gasteiger partial charge >= 0.3 is 0 Å². The molecule has 2 aromatic rings. The van der Waals surface area contributed by atoms with Crippen LogP contribution in [0.5, 0.6) is 0 Å². The number of hydrogen-bond acceptors (Lipinski definition) is 3. The topological polar surface area (TPSA) is 12.9 Å². The van der Waals surface area contributed by atoms with Crippen LogP contribution >= 0.6 is 24.0 Å². The fraction of sp³-hybridized carbons (Fsp3) is 0.250. The van der Waals surface area contributed by atoms with Crippen molar-refractivity contribution in [1.82, 2.24) is 4.98 Å². The molecule has 0 aliphatic rings. The van der Waals surface area contributed by atoms with Gasteiger partial charge in [-0.05, 0) is 43.4 Å². The van der Waals surface area contributed by atoms with E-state index in [4.69, 9.17) is 0 Å². The molecule has 16 heavy (non-hydrogen) atoms. The molecule has 1 aromatic heterocycles. The highest BCUT2D eigenvalue weighted by Crippen LogP contribution is 2.28. The van der Waals surface area contributed by atoms with E-state index in [0.29, 0.717) is 0 Å². The van der Waals surface area contributed by atoms with E-state index in [9.17, 15) is 4.39 Å². The highest BCUT2D eigenvalue weighted by atomic mass is 32.1. The molecule has 4 heteroatoms. The van der Waals surface area contributed by atoms with Gasteiger partial charge in [0.15, 0.2) is 0 Å². The van der Waals surface area contributed by atoms with Crippen molar-refractivity contribution >= 4 is 24.0 Å². The van der Waals surface area contributed by atoms with Crippen molar-refractivity contribution in [3.8, 4) is 10.6 Å². The summed E-state index contributed by atoms with van der Waals surface area (Å²) in [5, 5.41) is 0.953. The van der Waals surface area contributed by atoms with Crippen molar-refractivity contribution in [1.29, 1.82) is 0 Å². The van der Waals surface area contributed by atoms with Crippen molar-refractivity contribution in [3.63, 3.8) is 0 Å². The van der Waals surface area contributed by atoms with E-state index < -0.39 is 0 Å². The van der Waals surface area contributed by atoms with Crippen molar-refractivity contribution in [3.05, 3.63) is 40.7 Å². The van der Waals surface area contributed by atoms with Gasteiger partial charge in [-0.2, -0.15) is 12.6 Å². The second-order valence-corrected chi connectivity index (χ2v) is 5.04. The summed E-state index contributed by atoms with van der Waals surface area (Å²) >= 11 is 5.88. The smallest absolute Gasteiger partial charge is 0.123 e.